The summed E-state index contributed by atoms with van der Waals surface area (Å²) in [5.74, 6) is 0.397. The van der Waals surface area contributed by atoms with Crippen LogP contribution in [0.15, 0.2) is 42.5 Å². The van der Waals surface area contributed by atoms with E-state index in [1.54, 1.807) is 27.4 Å². The Labute approximate surface area is 160 Å². The van der Waals surface area contributed by atoms with E-state index in [2.05, 4.69) is 25.7 Å². The summed E-state index contributed by atoms with van der Waals surface area (Å²) in [7, 11) is 0. The molecule has 0 fully saturated rings. The van der Waals surface area contributed by atoms with E-state index in [4.69, 9.17) is 0 Å². The second-order valence-electron chi connectivity index (χ2n) is 6.44. The predicted octanol–water partition coefficient (Wildman–Crippen LogP) is 2.64. The number of hydrogen-bond donors (Lipinski definition) is 1. The van der Waals surface area contributed by atoms with Crippen LogP contribution in [0.4, 0.5) is 10.1 Å². The standard InChI is InChI=1S/C19H18FN7O/c1-12-11-13(2)26(24-12)18-8-7-16-22-23-17(27(16)25-18)9-10-19(28)21-15-6-4-3-5-14(15)20/h3-8,11H,9-10H2,1-2H3,(H,21,28). The fourth-order valence-electron chi connectivity index (χ4n) is 2.95. The van der Waals surface area contributed by atoms with Gasteiger partial charge in [-0.05, 0) is 44.2 Å². The highest BCUT2D eigenvalue weighted by Gasteiger charge is 2.13. The molecule has 3 aromatic heterocycles. The Kier molecular flexibility index (Phi) is 4.56. The Hall–Kier alpha value is -3.62. The molecule has 1 aromatic carbocycles. The van der Waals surface area contributed by atoms with Gasteiger partial charge in [-0.15, -0.1) is 15.3 Å². The lowest BCUT2D eigenvalue weighted by Gasteiger charge is -2.06. The van der Waals surface area contributed by atoms with Crippen molar-refractivity contribution in [1.82, 2.24) is 29.6 Å². The number of halogens is 1. The van der Waals surface area contributed by atoms with Crippen molar-refractivity contribution in [2.75, 3.05) is 5.32 Å². The van der Waals surface area contributed by atoms with Crippen LogP contribution in [0.2, 0.25) is 0 Å². The van der Waals surface area contributed by atoms with E-state index < -0.39 is 5.82 Å². The highest BCUT2D eigenvalue weighted by molar-refractivity contribution is 5.90. The Morgan fingerprint density at radius 1 is 1.11 bits per heavy atom. The van der Waals surface area contributed by atoms with Gasteiger partial charge in [0.1, 0.15) is 5.82 Å². The maximum absolute atomic E-state index is 13.7. The summed E-state index contributed by atoms with van der Waals surface area (Å²) in [5, 5.41) is 19.8. The van der Waals surface area contributed by atoms with Gasteiger partial charge in [-0.25, -0.2) is 9.07 Å². The summed E-state index contributed by atoms with van der Waals surface area (Å²) in [6, 6.07) is 11.6. The summed E-state index contributed by atoms with van der Waals surface area (Å²) in [6.07, 6.45) is 0.440. The molecule has 0 unspecified atom stereocenters. The average Bonchev–Trinajstić information content (AvgIpc) is 3.23. The molecule has 8 nitrogen and oxygen atoms in total. The molecular formula is C19H18FN7O. The minimum atomic E-state index is -0.472. The Morgan fingerprint density at radius 3 is 2.68 bits per heavy atom. The van der Waals surface area contributed by atoms with Gasteiger partial charge in [-0.2, -0.15) is 9.61 Å². The molecule has 1 amide bonds. The van der Waals surface area contributed by atoms with Gasteiger partial charge in [-0.3, -0.25) is 4.79 Å². The fraction of sp³-hybridized carbons (Fsp3) is 0.211. The van der Waals surface area contributed by atoms with Crippen molar-refractivity contribution in [2.45, 2.75) is 26.7 Å². The molecule has 0 atom stereocenters. The number of hydrogen-bond acceptors (Lipinski definition) is 5. The molecule has 0 bridgehead atoms. The van der Waals surface area contributed by atoms with E-state index in [0.717, 1.165) is 11.4 Å². The number of anilines is 1. The first kappa shape index (κ1) is 17.8. The topological polar surface area (TPSA) is 90.0 Å². The lowest BCUT2D eigenvalue weighted by atomic mass is 10.2. The normalized spacial score (nSPS) is 11.1. The molecule has 0 spiro atoms. The average molecular weight is 379 g/mol. The molecule has 142 valence electrons. The van der Waals surface area contributed by atoms with Crippen molar-refractivity contribution < 1.29 is 9.18 Å². The van der Waals surface area contributed by atoms with Crippen molar-refractivity contribution in [3.05, 3.63) is 65.5 Å². The van der Waals surface area contributed by atoms with Crippen molar-refractivity contribution in [3.63, 3.8) is 0 Å². The molecule has 0 saturated carbocycles. The van der Waals surface area contributed by atoms with Gasteiger partial charge in [0.25, 0.3) is 0 Å². The number of para-hydroxylation sites is 1. The molecule has 0 saturated heterocycles. The monoisotopic (exact) mass is 379 g/mol. The first-order chi connectivity index (χ1) is 13.5. The van der Waals surface area contributed by atoms with Gasteiger partial charge in [-0.1, -0.05) is 12.1 Å². The van der Waals surface area contributed by atoms with E-state index in [1.807, 2.05) is 26.0 Å². The number of carbonyl (C=O) groups excluding carboxylic acids is 1. The Balaban J connectivity index is 1.52. The minimum Gasteiger partial charge on any atom is -0.324 e. The number of carbonyl (C=O) groups is 1. The molecular weight excluding hydrogens is 361 g/mol. The summed E-state index contributed by atoms with van der Waals surface area (Å²) in [6.45, 7) is 3.87. The lowest BCUT2D eigenvalue weighted by molar-refractivity contribution is -0.116. The van der Waals surface area contributed by atoms with E-state index in [0.29, 0.717) is 23.7 Å². The molecule has 4 rings (SSSR count). The van der Waals surface area contributed by atoms with Gasteiger partial charge in [0.15, 0.2) is 17.3 Å². The van der Waals surface area contributed by atoms with Crippen LogP contribution in [0.5, 0.6) is 0 Å². The molecule has 9 heteroatoms. The van der Waals surface area contributed by atoms with Crippen molar-refractivity contribution in [3.8, 4) is 5.82 Å². The SMILES string of the molecule is Cc1cc(C)n(-c2ccc3nnc(CCC(=O)Nc4ccccc4F)n3n2)n1. The largest absolute Gasteiger partial charge is 0.324 e. The van der Waals surface area contributed by atoms with Crippen LogP contribution in [-0.4, -0.2) is 35.5 Å². The second kappa shape index (κ2) is 7.18. The van der Waals surface area contributed by atoms with E-state index in [1.165, 1.54) is 12.1 Å². The van der Waals surface area contributed by atoms with Crippen LogP contribution < -0.4 is 5.32 Å². The predicted molar refractivity (Wildman–Crippen MR) is 101 cm³/mol. The highest BCUT2D eigenvalue weighted by Crippen LogP contribution is 2.14. The smallest absolute Gasteiger partial charge is 0.224 e. The number of rotatable bonds is 5. The molecule has 0 radical (unpaired) electrons. The Bertz CT molecular complexity index is 1160. The first-order valence-corrected chi connectivity index (χ1v) is 8.80. The molecule has 0 aliphatic rings. The molecule has 28 heavy (non-hydrogen) atoms. The van der Waals surface area contributed by atoms with E-state index >= 15 is 0 Å². The molecule has 0 aliphatic carbocycles. The van der Waals surface area contributed by atoms with Crippen molar-refractivity contribution >= 4 is 17.2 Å². The van der Waals surface area contributed by atoms with E-state index in [-0.39, 0.29) is 18.0 Å². The molecule has 0 aliphatic heterocycles. The zero-order chi connectivity index (χ0) is 19.7. The maximum Gasteiger partial charge on any atom is 0.224 e. The van der Waals surface area contributed by atoms with Crippen LogP contribution in [0.25, 0.3) is 11.5 Å². The van der Waals surface area contributed by atoms with Crippen LogP contribution in [0.3, 0.4) is 0 Å². The zero-order valence-electron chi connectivity index (χ0n) is 15.4. The number of nitrogens with one attached hydrogen (secondary N) is 1. The summed E-state index contributed by atoms with van der Waals surface area (Å²) in [4.78, 5) is 12.2. The van der Waals surface area contributed by atoms with Crippen molar-refractivity contribution in [2.24, 2.45) is 0 Å². The van der Waals surface area contributed by atoms with Gasteiger partial charge < -0.3 is 5.32 Å². The number of amides is 1. The number of aryl methyl sites for hydroxylation is 3. The summed E-state index contributed by atoms with van der Waals surface area (Å²) >= 11 is 0. The van der Waals surface area contributed by atoms with E-state index in [9.17, 15) is 9.18 Å². The van der Waals surface area contributed by atoms with Crippen LogP contribution in [0.1, 0.15) is 23.6 Å². The minimum absolute atomic E-state index is 0.126. The first-order valence-electron chi connectivity index (χ1n) is 8.80. The lowest BCUT2D eigenvalue weighted by Crippen LogP contribution is -2.14. The van der Waals surface area contributed by atoms with Crippen LogP contribution >= 0.6 is 0 Å². The third kappa shape index (κ3) is 3.46. The second-order valence-corrected chi connectivity index (χ2v) is 6.44. The van der Waals surface area contributed by atoms with Crippen LogP contribution in [-0.2, 0) is 11.2 Å². The number of fused-ring (bicyclic) bond motifs is 1. The quantitative estimate of drug-likeness (QED) is 0.576. The maximum atomic E-state index is 13.7. The van der Waals surface area contributed by atoms with Gasteiger partial charge in [0.2, 0.25) is 5.91 Å². The third-order valence-electron chi connectivity index (χ3n) is 4.26. The number of nitrogens with zero attached hydrogens (tertiary/aromatic N) is 6. The molecule has 4 aromatic rings. The molecule has 1 N–H and O–H groups in total. The van der Waals surface area contributed by atoms with Crippen molar-refractivity contribution in [1.29, 1.82) is 0 Å². The number of aromatic nitrogens is 6. The van der Waals surface area contributed by atoms with Crippen LogP contribution in [0, 0.1) is 19.7 Å². The molecule has 3 heterocycles. The zero-order valence-corrected chi connectivity index (χ0v) is 15.4. The number of benzene rings is 1. The summed E-state index contributed by atoms with van der Waals surface area (Å²) in [5.41, 5.74) is 2.59. The summed E-state index contributed by atoms with van der Waals surface area (Å²) < 4.78 is 17.0. The van der Waals surface area contributed by atoms with Gasteiger partial charge in [0.05, 0.1) is 11.4 Å². The third-order valence-corrected chi connectivity index (χ3v) is 4.26. The van der Waals surface area contributed by atoms with Gasteiger partial charge in [0, 0.05) is 18.5 Å². The highest BCUT2D eigenvalue weighted by atomic mass is 19.1. The van der Waals surface area contributed by atoms with Gasteiger partial charge >= 0.3 is 0 Å². The Morgan fingerprint density at radius 2 is 1.93 bits per heavy atom. The fourth-order valence-corrected chi connectivity index (χ4v) is 2.95.